The normalized spacial score (nSPS) is 16.9. The van der Waals surface area contributed by atoms with E-state index < -0.39 is 0 Å². The van der Waals surface area contributed by atoms with Crippen LogP contribution in [0.3, 0.4) is 0 Å². The molecule has 5 heteroatoms. The van der Waals surface area contributed by atoms with Gasteiger partial charge in [0.25, 0.3) is 5.91 Å². The molecular weight excluding hydrogens is 338 g/mol. The highest BCUT2D eigenvalue weighted by atomic mass is 16.2. The molecule has 4 rings (SSSR count). The number of carbonyl (C=O) groups is 2. The molecule has 27 heavy (non-hydrogen) atoms. The van der Waals surface area contributed by atoms with E-state index in [4.69, 9.17) is 0 Å². The van der Waals surface area contributed by atoms with Gasteiger partial charge in [0.15, 0.2) is 0 Å². The molecule has 1 fully saturated rings. The number of fused-ring (bicyclic) bond motifs is 1. The van der Waals surface area contributed by atoms with Crippen LogP contribution in [-0.4, -0.2) is 34.8 Å². The van der Waals surface area contributed by atoms with E-state index in [1.807, 2.05) is 48.5 Å². The predicted molar refractivity (Wildman–Crippen MR) is 105 cm³/mol. The summed E-state index contributed by atoms with van der Waals surface area (Å²) in [6, 6.07) is 19.1. The van der Waals surface area contributed by atoms with Crippen molar-refractivity contribution in [2.45, 2.75) is 12.8 Å². The number of nitrogens with zero attached hydrogens (tertiary/aromatic N) is 2. The molecule has 0 aliphatic carbocycles. The van der Waals surface area contributed by atoms with Crippen LogP contribution in [0.4, 0.5) is 5.82 Å². The number of likely N-dealkylation sites (tertiary alicyclic amines) is 1. The van der Waals surface area contributed by atoms with Gasteiger partial charge in [-0.2, -0.15) is 0 Å². The van der Waals surface area contributed by atoms with E-state index in [2.05, 4.69) is 10.3 Å². The lowest BCUT2D eigenvalue weighted by Gasteiger charge is -2.32. The lowest BCUT2D eigenvalue weighted by Crippen LogP contribution is -2.43. The number of hydrogen-bond donors (Lipinski definition) is 1. The van der Waals surface area contributed by atoms with Crippen molar-refractivity contribution in [2.75, 3.05) is 18.4 Å². The molecule has 0 spiro atoms. The highest BCUT2D eigenvalue weighted by molar-refractivity contribution is 6.07. The van der Waals surface area contributed by atoms with Gasteiger partial charge in [0.05, 0.1) is 5.92 Å². The third kappa shape index (κ3) is 3.67. The van der Waals surface area contributed by atoms with Crippen LogP contribution in [-0.2, 0) is 4.79 Å². The van der Waals surface area contributed by atoms with Gasteiger partial charge in [-0.05, 0) is 41.8 Å². The molecule has 1 N–H and O–H groups in total. The fraction of sp³-hybridized carbons (Fsp3) is 0.227. The number of nitrogens with one attached hydrogen (secondary N) is 1. The smallest absolute Gasteiger partial charge is 0.254 e. The van der Waals surface area contributed by atoms with Crippen LogP contribution in [0.15, 0.2) is 66.9 Å². The van der Waals surface area contributed by atoms with Gasteiger partial charge >= 0.3 is 0 Å². The molecule has 1 aliphatic heterocycles. The molecule has 0 unspecified atom stereocenters. The number of hydrogen-bond acceptors (Lipinski definition) is 3. The number of aromatic nitrogens is 1. The SMILES string of the molecule is O=C(Nc1ccccn1)[C@@H]1CCCN(C(=O)c2cccc3ccccc23)C1. The molecule has 0 bridgehead atoms. The van der Waals surface area contributed by atoms with E-state index in [1.54, 1.807) is 23.2 Å². The van der Waals surface area contributed by atoms with Crippen LogP contribution < -0.4 is 5.32 Å². The number of rotatable bonds is 3. The topological polar surface area (TPSA) is 62.3 Å². The van der Waals surface area contributed by atoms with Crippen molar-refractivity contribution in [1.29, 1.82) is 0 Å². The highest BCUT2D eigenvalue weighted by Crippen LogP contribution is 2.24. The van der Waals surface area contributed by atoms with Crippen molar-refractivity contribution in [3.63, 3.8) is 0 Å². The van der Waals surface area contributed by atoms with Crippen LogP contribution in [0, 0.1) is 5.92 Å². The molecule has 0 saturated carbocycles. The summed E-state index contributed by atoms with van der Waals surface area (Å²) in [5.41, 5.74) is 0.693. The van der Waals surface area contributed by atoms with Gasteiger partial charge in [0.2, 0.25) is 5.91 Å². The minimum atomic E-state index is -0.223. The third-order valence-corrected chi connectivity index (χ3v) is 5.02. The van der Waals surface area contributed by atoms with E-state index >= 15 is 0 Å². The standard InChI is InChI=1S/C22H21N3O2/c26-21(24-20-12-3-4-13-23-20)17-9-6-14-25(15-17)22(27)19-11-5-8-16-7-1-2-10-18(16)19/h1-5,7-8,10-13,17H,6,9,14-15H2,(H,23,24,26)/t17-/m1/s1. The first-order valence-electron chi connectivity index (χ1n) is 9.21. The fourth-order valence-electron chi connectivity index (χ4n) is 3.62. The van der Waals surface area contributed by atoms with Gasteiger partial charge in [0, 0.05) is 24.8 Å². The van der Waals surface area contributed by atoms with Crippen LogP contribution in [0.5, 0.6) is 0 Å². The van der Waals surface area contributed by atoms with Crippen molar-refractivity contribution >= 4 is 28.4 Å². The summed E-state index contributed by atoms with van der Waals surface area (Å²) in [7, 11) is 0. The Kier molecular flexibility index (Phi) is 4.83. The molecule has 0 radical (unpaired) electrons. The lowest BCUT2D eigenvalue weighted by molar-refractivity contribution is -0.121. The second-order valence-corrected chi connectivity index (χ2v) is 6.82. The highest BCUT2D eigenvalue weighted by Gasteiger charge is 2.29. The van der Waals surface area contributed by atoms with Gasteiger partial charge in [-0.25, -0.2) is 4.98 Å². The largest absolute Gasteiger partial charge is 0.338 e. The molecule has 1 aromatic heterocycles. The minimum absolute atomic E-state index is 0.0119. The Labute approximate surface area is 158 Å². The van der Waals surface area contributed by atoms with Crippen molar-refractivity contribution in [3.05, 3.63) is 72.4 Å². The second kappa shape index (κ2) is 7.58. The predicted octanol–water partition coefficient (Wildman–Crippen LogP) is 3.73. The zero-order valence-corrected chi connectivity index (χ0v) is 15.0. The Morgan fingerprint density at radius 2 is 1.81 bits per heavy atom. The number of piperidine rings is 1. The van der Waals surface area contributed by atoms with Crippen molar-refractivity contribution in [3.8, 4) is 0 Å². The van der Waals surface area contributed by atoms with Gasteiger partial charge in [-0.15, -0.1) is 0 Å². The Bertz CT molecular complexity index is 966. The number of benzene rings is 2. The maximum absolute atomic E-state index is 13.1. The molecular formula is C22H21N3O2. The van der Waals surface area contributed by atoms with E-state index in [1.165, 1.54) is 0 Å². The van der Waals surface area contributed by atoms with Gasteiger partial charge in [0.1, 0.15) is 5.82 Å². The Hall–Kier alpha value is -3.21. The molecule has 5 nitrogen and oxygen atoms in total. The zero-order chi connectivity index (χ0) is 18.6. The molecule has 3 aromatic rings. The van der Waals surface area contributed by atoms with Gasteiger partial charge in [-0.1, -0.05) is 42.5 Å². The van der Waals surface area contributed by atoms with E-state index in [-0.39, 0.29) is 17.7 Å². The average molecular weight is 359 g/mol. The summed E-state index contributed by atoms with van der Waals surface area (Å²) >= 11 is 0. The average Bonchev–Trinajstić information content (AvgIpc) is 2.73. The summed E-state index contributed by atoms with van der Waals surface area (Å²) in [5.74, 6) is 0.228. The molecule has 136 valence electrons. The number of pyridine rings is 1. The molecule has 1 atom stereocenters. The maximum Gasteiger partial charge on any atom is 0.254 e. The first-order chi connectivity index (χ1) is 13.2. The first-order valence-corrected chi connectivity index (χ1v) is 9.21. The van der Waals surface area contributed by atoms with Crippen molar-refractivity contribution < 1.29 is 9.59 Å². The van der Waals surface area contributed by atoms with Gasteiger partial charge in [-0.3, -0.25) is 9.59 Å². The Morgan fingerprint density at radius 1 is 1.00 bits per heavy atom. The van der Waals surface area contributed by atoms with Gasteiger partial charge < -0.3 is 10.2 Å². The molecule has 2 amide bonds. The van der Waals surface area contributed by atoms with E-state index in [0.717, 1.165) is 23.6 Å². The van der Waals surface area contributed by atoms with Crippen LogP contribution in [0.1, 0.15) is 23.2 Å². The Balaban J connectivity index is 1.50. The van der Waals surface area contributed by atoms with Crippen LogP contribution >= 0.6 is 0 Å². The monoisotopic (exact) mass is 359 g/mol. The number of anilines is 1. The second-order valence-electron chi connectivity index (χ2n) is 6.82. The third-order valence-electron chi connectivity index (χ3n) is 5.02. The van der Waals surface area contributed by atoms with Crippen molar-refractivity contribution in [2.24, 2.45) is 5.92 Å². The summed E-state index contributed by atoms with van der Waals surface area (Å²) in [6.07, 6.45) is 3.24. The minimum Gasteiger partial charge on any atom is -0.338 e. The van der Waals surface area contributed by atoms with Crippen LogP contribution in [0.25, 0.3) is 10.8 Å². The molecule has 2 aromatic carbocycles. The fourth-order valence-corrected chi connectivity index (χ4v) is 3.62. The zero-order valence-electron chi connectivity index (χ0n) is 15.0. The Morgan fingerprint density at radius 3 is 2.67 bits per heavy atom. The summed E-state index contributed by atoms with van der Waals surface area (Å²) in [4.78, 5) is 31.7. The van der Waals surface area contributed by atoms with E-state index in [0.29, 0.717) is 24.5 Å². The molecule has 1 saturated heterocycles. The summed E-state index contributed by atoms with van der Waals surface area (Å²) in [6.45, 7) is 1.11. The lowest BCUT2D eigenvalue weighted by atomic mass is 9.95. The maximum atomic E-state index is 13.1. The van der Waals surface area contributed by atoms with Crippen molar-refractivity contribution in [1.82, 2.24) is 9.88 Å². The summed E-state index contributed by atoms with van der Waals surface area (Å²) in [5, 5.41) is 4.85. The molecule has 1 aliphatic rings. The number of amides is 2. The van der Waals surface area contributed by atoms with E-state index in [9.17, 15) is 9.59 Å². The quantitative estimate of drug-likeness (QED) is 0.775. The first kappa shape index (κ1) is 17.2. The molecule has 2 heterocycles. The number of carbonyl (C=O) groups excluding carboxylic acids is 2. The summed E-state index contributed by atoms with van der Waals surface area (Å²) < 4.78 is 0. The van der Waals surface area contributed by atoms with Crippen LogP contribution in [0.2, 0.25) is 0 Å².